The molecule has 0 saturated heterocycles. The number of aromatic nitrogens is 1. The van der Waals surface area contributed by atoms with Crippen LogP contribution in [0, 0.1) is 5.82 Å². The molecule has 7 nitrogen and oxygen atoms in total. The van der Waals surface area contributed by atoms with Gasteiger partial charge in [0.05, 0.1) is 12.2 Å². The van der Waals surface area contributed by atoms with Crippen molar-refractivity contribution in [3.8, 4) is 0 Å². The topological polar surface area (TPSA) is 107 Å². The number of aromatic amines is 1. The van der Waals surface area contributed by atoms with E-state index in [1.807, 2.05) is 30.5 Å². The second-order valence-electron chi connectivity index (χ2n) is 7.56. The normalized spacial score (nSPS) is 13.6. The Kier molecular flexibility index (Phi) is 6.08. The standard InChI is InChI=1S/C23H23FN4O3/c24-16-5-6-19-15(9-16)10-17(28-19)11-21(23(30)31)27-13-22(29)25-8-7-14-12-26-20-4-2-1-3-18(14)20/h1-6,9,12,21,26-27H,7-8,10-11,13H2,(H,25,29)(H,30,31)/t21-/m1/s1. The Bertz CT molecular complexity index is 1150. The number of para-hydroxylation sites is 1. The fourth-order valence-corrected chi connectivity index (χ4v) is 3.79. The predicted molar refractivity (Wildman–Crippen MR) is 116 cm³/mol. The monoisotopic (exact) mass is 422 g/mol. The molecule has 0 saturated carbocycles. The van der Waals surface area contributed by atoms with Crippen molar-refractivity contribution in [2.24, 2.45) is 4.99 Å². The number of nitrogens with one attached hydrogen (secondary N) is 3. The predicted octanol–water partition coefficient (Wildman–Crippen LogP) is 2.73. The molecule has 8 heteroatoms. The molecule has 0 radical (unpaired) electrons. The van der Waals surface area contributed by atoms with Crippen molar-refractivity contribution in [1.29, 1.82) is 0 Å². The quantitative estimate of drug-likeness (QED) is 0.425. The van der Waals surface area contributed by atoms with Gasteiger partial charge in [0.2, 0.25) is 5.91 Å². The summed E-state index contributed by atoms with van der Waals surface area (Å²) in [5.41, 5.74) is 4.22. The largest absolute Gasteiger partial charge is 0.480 e. The van der Waals surface area contributed by atoms with Gasteiger partial charge in [0.1, 0.15) is 11.9 Å². The highest BCUT2D eigenvalue weighted by molar-refractivity contribution is 5.96. The molecule has 31 heavy (non-hydrogen) atoms. The molecule has 1 aliphatic rings. The van der Waals surface area contributed by atoms with E-state index in [0.29, 0.717) is 30.8 Å². The molecule has 0 fully saturated rings. The summed E-state index contributed by atoms with van der Waals surface area (Å²) in [5.74, 6) is -1.67. The molecule has 4 rings (SSSR count). The van der Waals surface area contributed by atoms with Gasteiger partial charge >= 0.3 is 5.97 Å². The van der Waals surface area contributed by atoms with Crippen LogP contribution in [0.25, 0.3) is 10.9 Å². The van der Waals surface area contributed by atoms with E-state index in [1.165, 1.54) is 12.1 Å². The summed E-state index contributed by atoms with van der Waals surface area (Å²) in [4.78, 5) is 31.4. The molecule has 0 unspecified atom stereocenters. The third-order valence-electron chi connectivity index (χ3n) is 5.35. The van der Waals surface area contributed by atoms with Gasteiger partial charge in [-0.1, -0.05) is 18.2 Å². The van der Waals surface area contributed by atoms with Crippen LogP contribution >= 0.6 is 0 Å². The zero-order valence-electron chi connectivity index (χ0n) is 16.8. The molecule has 160 valence electrons. The van der Waals surface area contributed by atoms with Crippen molar-refractivity contribution >= 4 is 34.2 Å². The summed E-state index contributed by atoms with van der Waals surface area (Å²) in [6.07, 6.45) is 3.16. The molecule has 3 aromatic rings. The summed E-state index contributed by atoms with van der Waals surface area (Å²) in [7, 11) is 0. The van der Waals surface area contributed by atoms with Crippen LogP contribution in [0.15, 0.2) is 53.7 Å². The highest BCUT2D eigenvalue weighted by atomic mass is 19.1. The number of halogens is 1. The number of aliphatic carboxylic acids is 1. The summed E-state index contributed by atoms with van der Waals surface area (Å²) in [6, 6.07) is 11.3. The van der Waals surface area contributed by atoms with Gasteiger partial charge in [-0.05, 0) is 41.8 Å². The Balaban J connectivity index is 1.25. The number of carboxylic acids is 1. The fraction of sp³-hybridized carbons (Fsp3) is 0.261. The number of hydrogen-bond acceptors (Lipinski definition) is 4. The lowest BCUT2D eigenvalue weighted by molar-refractivity contribution is -0.139. The van der Waals surface area contributed by atoms with Crippen LogP contribution in [0.2, 0.25) is 0 Å². The van der Waals surface area contributed by atoms with Gasteiger partial charge < -0.3 is 15.4 Å². The maximum absolute atomic E-state index is 13.4. The lowest BCUT2D eigenvalue weighted by atomic mass is 10.0. The first-order valence-electron chi connectivity index (χ1n) is 10.1. The smallest absolute Gasteiger partial charge is 0.321 e. The molecule has 1 aromatic heterocycles. The molecule has 0 aliphatic carbocycles. The number of amides is 1. The van der Waals surface area contributed by atoms with Crippen molar-refractivity contribution in [3.05, 3.63) is 65.6 Å². The van der Waals surface area contributed by atoms with Gasteiger partial charge in [0.15, 0.2) is 0 Å². The van der Waals surface area contributed by atoms with Gasteiger partial charge in [0.25, 0.3) is 0 Å². The Morgan fingerprint density at radius 1 is 1.23 bits per heavy atom. The first kappa shape index (κ1) is 20.7. The Morgan fingerprint density at radius 2 is 2.06 bits per heavy atom. The van der Waals surface area contributed by atoms with Crippen LogP contribution in [0.4, 0.5) is 10.1 Å². The molecule has 0 spiro atoms. The molecule has 4 N–H and O–H groups in total. The van der Waals surface area contributed by atoms with Crippen molar-refractivity contribution in [1.82, 2.24) is 15.6 Å². The third kappa shape index (κ3) is 4.97. The second-order valence-corrected chi connectivity index (χ2v) is 7.56. The molecule has 0 bridgehead atoms. The van der Waals surface area contributed by atoms with Crippen LogP contribution in [0.1, 0.15) is 17.5 Å². The first-order valence-corrected chi connectivity index (χ1v) is 10.1. The zero-order chi connectivity index (χ0) is 21.8. The number of H-pyrrole nitrogens is 1. The van der Waals surface area contributed by atoms with Crippen LogP contribution in [-0.4, -0.2) is 46.8 Å². The fourth-order valence-electron chi connectivity index (χ4n) is 3.79. The van der Waals surface area contributed by atoms with Crippen LogP contribution < -0.4 is 10.6 Å². The number of carbonyl (C=O) groups excluding carboxylic acids is 1. The summed E-state index contributed by atoms with van der Waals surface area (Å²) in [5, 5.41) is 16.2. The molecule has 1 amide bonds. The van der Waals surface area contributed by atoms with Crippen molar-refractivity contribution in [2.45, 2.75) is 25.3 Å². The van der Waals surface area contributed by atoms with Gasteiger partial charge in [0, 0.05) is 42.2 Å². The number of carbonyl (C=O) groups is 2. The second kappa shape index (κ2) is 9.09. The lowest BCUT2D eigenvalue weighted by Crippen LogP contribution is -2.44. The number of hydrogen-bond donors (Lipinski definition) is 4. The van der Waals surface area contributed by atoms with E-state index < -0.39 is 12.0 Å². The number of aliphatic imine (C=N–C) groups is 1. The van der Waals surface area contributed by atoms with E-state index in [2.05, 4.69) is 20.6 Å². The number of benzene rings is 2. The highest BCUT2D eigenvalue weighted by Crippen LogP contribution is 2.28. The van der Waals surface area contributed by atoms with Crippen molar-refractivity contribution in [3.63, 3.8) is 0 Å². The van der Waals surface area contributed by atoms with Crippen LogP contribution in [0.3, 0.4) is 0 Å². The number of carboxylic acid groups (broad SMARTS) is 1. The summed E-state index contributed by atoms with van der Waals surface area (Å²) < 4.78 is 13.4. The van der Waals surface area contributed by atoms with Crippen LogP contribution in [0.5, 0.6) is 0 Å². The van der Waals surface area contributed by atoms with E-state index >= 15 is 0 Å². The average Bonchev–Trinajstić information content (AvgIpc) is 3.34. The SMILES string of the molecule is O=C(CN[C@H](CC1=Nc2ccc(F)cc2C1)C(=O)O)NCCc1c[nH]c2ccccc12. The molecule has 2 aromatic carbocycles. The average molecular weight is 422 g/mol. The van der Waals surface area contributed by atoms with Crippen molar-refractivity contribution in [2.75, 3.05) is 13.1 Å². The summed E-state index contributed by atoms with van der Waals surface area (Å²) in [6.45, 7) is 0.341. The van der Waals surface area contributed by atoms with E-state index in [1.54, 1.807) is 6.07 Å². The number of fused-ring (bicyclic) bond motifs is 2. The zero-order valence-corrected chi connectivity index (χ0v) is 16.8. The summed E-state index contributed by atoms with van der Waals surface area (Å²) >= 11 is 0. The minimum absolute atomic E-state index is 0.111. The molecule has 1 aliphatic heterocycles. The number of rotatable bonds is 9. The van der Waals surface area contributed by atoms with Gasteiger partial charge in [-0.15, -0.1) is 0 Å². The van der Waals surface area contributed by atoms with E-state index in [4.69, 9.17) is 0 Å². The van der Waals surface area contributed by atoms with Crippen molar-refractivity contribution < 1.29 is 19.1 Å². The maximum Gasteiger partial charge on any atom is 0.321 e. The van der Waals surface area contributed by atoms with E-state index in [9.17, 15) is 19.1 Å². The molecule has 2 heterocycles. The van der Waals surface area contributed by atoms with E-state index in [-0.39, 0.29) is 24.7 Å². The third-order valence-corrected chi connectivity index (χ3v) is 5.35. The van der Waals surface area contributed by atoms with Crippen LogP contribution in [-0.2, 0) is 22.4 Å². The van der Waals surface area contributed by atoms with Gasteiger partial charge in [-0.2, -0.15) is 0 Å². The molecular formula is C23H23FN4O3. The molecular weight excluding hydrogens is 399 g/mol. The minimum Gasteiger partial charge on any atom is -0.480 e. The lowest BCUT2D eigenvalue weighted by Gasteiger charge is -2.14. The Morgan fingerprint density at radius 3 is 2.90 bits per heavy atom. The molecule has 1 atom stereocenters. The highest BCUT2D eigenvalue weighted by Gasteiger charge is 2.24. The number of nitrogens with zero attached hydrogens (tertiary/aromatic N) is 1. The van der Waals surface area contributed by atoms with Gasteiger partial charge in [-0.25, -0.2) is 4.39 Å². The Hall–Kier alpha value is -3.52. The van der Waals surface area contributed by atoms with Gasteiger partial charge in [-0.3, -0.25) is 19.9 Å². The Labute approximate surface area is 178 Å². The van der Waals surface area contributed by atoms with E-state index in [0.717, 1.165) is 22.0 Å². The first-order chi connectivity index (χ1) is 15.0. The minimum atomic E-state index is -1.06. The maximum atomic E-state index is 13.4.